The Morgan fingerprint density at radius 2 is 2.20 bits per heavy atom. The number of nitrogens with zero attached hydrogens (tertiary/aromatic N) is 1. The van der Waals surface area contributed by atoms with Gasteiger partial charge >= 0.3 is 0 Å². The van der Waals surface area contributed by atoms with Gasteiger partial charge in [0.2, 0.25) is 5.91 Å². The van der Waals surface area contributed by atoms with Crippen LogP contribution in [-0.4, -0.2) is 10.9 Å². The average molecular weight is 334 g/mol. The van der Waals surface area contributed by atoms with E-state index in [2.05, 4.69) is 26.2 Å². The Labute approximate surface area is 126 Å². The lowest BCUT2D eigenvalue weighted by atomic mass is 10.1. The highest BCUT2D eigenvalue weighted by Crippen LogP contribution is 2.17. The van der Waals surface area contributed by atoms with Crippen molar-refractivity contribution >= 4 is 27.5 Å². The van der Waals surface area contributed by atoms with Crippen LogP contribution in [0.1, 0.15) is 24.2 Å². The molecule has 0 aliphatic rings. The van der Waals surface area contributed by atoms with Crippen molar-refractivity contribution in [2.75, 3.05) is 5.73 Å². The summed E-state index contributed by atoms with van der Waals surface area (Å²) in [6.07, 6.45) is 1.80. The maximum absolute atomic E-state index is 12.0. The van der Waals surface area contributed by atoms with Crippen molar-refractivity contribution in [3.05, 3.63) is 58.3 Å². The largest absolute Gasteiger partial charge is 0.397 e. The van der Waals surface area contributed by atoms with Gasteiger partial charge in [0.05, 0.1) is 24.3 Å². The zero-order valence-corrected chi connectivity index (χ0v) is 12.7. The quantitative estimate of drug-likeness (QED) is 0.903. The van der Waals surface area contributed by atoms with Gasteiger partial charge in [-0.2, -0.15) is 0 Å². The first-order chi connectivity index (χ1) is 9.54. The van der Waals surface area contributed by atoms with E-state index >= 15 is 0 Å². The lowest BCUT2D eigenvalue weighted by Gasteiger charge is -2.14. The number of rotatable bonds is 4. The van der Waals surface area contributed by atoms with E-state index in [4.69, 9.17) is 5.73 Å². The maximum atomic E-state index is 12.0. The van der Waals surface area contributed by atoms with Crippen LogP contribution in [0.2, 0.25) is 0 Å². The van der Waals surface area contributed by atoms with Crippen molar-refractivity contribution in [3.8, 4) is 0 Å². The molecule has 0 aliphatic heterocycles. The molecule has 1 amide bonds. The van der Waals surface area contributed by atoms with Crippen LogP contribution in [0.25, 0.3) is 0 Å². The maximum Gasteiger partial charge on any atom is 0.226 e. The first-order valence-corrected chi connectivity index (χ1v) is 7.09. The molecule has 20 heavy (non-hydrogen) atoms. The van der Waals surface area contributed by atoms with Gasteiger partial charge in [0.15, 0.2) is 0 Å². The third-order valence-electron chi connectivity index (χ3n) is 2.92. The molecule has 1 heterocycles. The molecule has 4 nitrogen and oxygen atoms in total. The van der Waals surface area contributed by atoms with Gasteiger partial charge in [0.1, 0.15) is 0 Å². The molecule has 1 aromatic heterocycles. The fraction of sp³-hybridized carbons (Fsp3) is 0.200. The predicted octanol–water partition coefficient (Wildman–Crippen LogP) is 2.85. The number of anilines is 1. The highest BCUT2D eigenvalue weighted by molar-refractivity contribution is 9.10. The smallest absolute Gasteiger partial charge is 0.226 e. The first-order valence-electron chi connectivity index (χ1n) is 6.30. The summed E-state index contributed by atoms with van der Waals surface area (Å²) in [5, 5.41) is 2.96. The Bertz CT molecular complexity index is 598. The van der Waals surface area contributed by atoms with E-state index in [1.54, 1.807) is 18.3 Å². The minimum absolute atomic E-state index is 0.0474. The van der Waals surface area contributed by atoms with Gasteiger partial charge in [-0.05, 0) is 36.8 Å². The summed E-state index contributed by atoms with van der Waals surface area (Å²) in [4.78, 5) is 16.1. The second kappa shape index (κ2) is 6.52. The monoisotopic (exact) mass is 333 g/mol. The third-order valence-corrected chi connectivity index (χ3v) is 3.41. The Kier molecular flexibility index (Phi) is 4.74. The predicted molar refractivity (Wildman–Crippen MR) is 83.1 cm³/mol. The van der Waals surface area contributed by atoms with Crippen LogP contribution in [0.5, 0.6) is 0 Å². The minimum atomic E-state index is -0.0604. The van der Waals surface area contributed by atoms with E-state index in [1.807, 2.05) is 31.2 Å². The summed E-state index contributed by atoms with van der Waals surface area (Å²) in [5.41, 5.74) is 7.92. The minimum Gasteiger partial charge on any atom is -0.397 e. The molecule has 0 radical (unpaired) electrons. The molecule has 3 N–H and O–H groups in total. The topological polar surface area (TPSA) is 68.0 Å². The number of hydrogen-bond donors (Lipinski definition) is 2. The molecule has 2 rings (SSSR count). The molecule has 0 saturated carbocycles. The van der Waals surface area contributed by atoms with E-state index in [0.717, 1.165) is 10.0 Å². The van der Waals surface area contributed by atoms with Gasteiger partial charge in [0, 0.05) is 10.2 Å². The zero-order valence-electron chi connectivity index (χ0n) is 11.1. The van der Waals surface area contributed by atoms with Crippen LogP contribution in [0.3, 0.4) is 0 Å². The zero-order chi connectivity index (χ0) is 14.5. The molecule has 5 heteroatoms. The Morgan fingerprint density at radius 3 is 2.85 bits per heavy atom. The summed E-state index contributed by atoms with van der Waals surface area (Å²) >= 11 is 3.42. The number of benzene rings is 1. The second-order valence-electron chi connectivity index (χ2n) is 4.60. The molecule has 0 unspecified atom stereocenters. The van der Waals surface area contributed by atoms with Crippen molar-refractivity contribution in [1.29, 1.82) is 0 Å². The number of carbonyl (C=O) groups excluding carboxylic acids is 1. The summed E-state index contributed by atoms with van der Waals surface area (Å²) in [5.74, 6) is -0.0604. The molecule has 2 aromatic rings. The van der Waals surface area contributed by atoms with E-state index < -0.39 is 0 Å². The first kappa shape index (κ1) is 14.5. The number of amides is 1. The van der Waals surface area contributed by atoms with Crippen LogP contribution in [0.4, 0.5) is 5.69 Å². The van der Waals surface area contributed by atoms with Gasteiger partial charge in [-0.3, -0.25) is 9.78 Å². The van der Waals surface area contributed by atoms with Crippen molar-refractivity contribution in [3.63, 3.8) is 0 Å². The van der Waals surface area contributed by atoms with Crippen molar-refractivity contribution < 1.29 is 4.79 Å². The number of carbonyl (C=O) groups is 1. The second-order valence-corrected chi connectivity index (χ2v) is 5.52. The summed E-state index contributed by atoms with van der Waals surface area (Å²) in [7, 11) is 0. The van der Waals surface area contributed by atoms with E-state index in [9.17, 15) is 4.79 Å². The number of nitrogen functional groups attached to an aromatic ring is 1. The number of nitrogens with one attached hydrogen (secondary N) is 1. The molecular formula is C15H16BrN3O. The summed E-state index contributed by atoms with van der Waals surface area (Å²) < 4.78 is 0.997. The molecule has 0 aliphatic carbocycles. The van der Waals surface area contributed by atoms with Crippen LogP contribution in [-0.2, 0) is 11.2 Å². The van der Waals surface area contributed by atoms with E-state index in [1.165, 1.54) is 0 Å². The van der Waals surface area contributed by atoms with Crippen molar-refractivity contribution in [2.45, 2.75) is 19.4 Å². The summed E-state index contributed by atoms with van der Waals surface area (Å²) in [6.45, 7) is 1.95. The summed E-state index contributed by atoms with van der Waals surface area (Å²) in [6, 6.07) is 11.3. The molecule has 104 valence electrons. The van der Waals surface area contributed by atoms with Crippen LogP contribution in [0.15, 0.2) is 47.1 Å². The molecule has 1 aromatic carbocycles. The Balaban J connectivity index is 1.95. The van der Waals surface area contributed by atoms with E-state index in [-0.39, 0.29) is 18.4 Å². The van der Waals surface area contributed by atoms with Gasteiger partial charge in [-0.25, -0.2) is 0 Å². The molecule has 0 fully saturated rings. The molecule has 0 spiro atoms. The highest BCUT2D eigenvalue weighted by Gasteiger charge is 2.10. The van der Waals surface area contributed by atoms with Gasteiger partial charge in [-0.1, -0.05) is 28.1 Å². The van der Waals surface area contributed by atoms with Crippen molar-refractivity contribution in [2.24, 2.45) is 0 Å². The number of aromatic nitrogens is 1. The number of halogens is 1. The standard InChI is InChI=1S/C15H16BrN3O/c1-10(11-3-2-4-12(16)7-11)19-15(20)8-14-6-5-13(17)9-18-14/h2-7,9-10H,8,17H2,1H3,(H,19,20)/t10-/m0/s1. The Hall–Kier alpha value is -1.88. The highest BCUT2D eigenvalue weighted by atomic mass is 79.9. The number of pyridine rings is 1. The average Bonchev–Trinajstić information content (AvgIpc) is 2.41. The fourth-order valence-electron chi connectivity index (χ4n) is 1.86. The lowest BCUT2D eigenvalue weighted by Crippen LogP contribution is -2.28. The Morgan fingerprint density at radius 1 is 1.40 bits per heavy atom. The van der Waals surface area contributed by atoms with Crippen LogP contribution < -0.4 is 11.1 Å². The third kappa shape index (κ3) is 4.06. The molecule has 0 saturated heterocycles. The van der Waals surface area contributed by atoms with Gasteiger partial charge < -0.3 is 11.1 Å². The van der Waals surface area contributed by atoms with Crippen LogP contribution in [0, 0.1) is 0 Å². The molecular weight excluding hydrogens is 318 g/mol. The number of hydrogen-bond acceptors (Lipinski definition) is 3. The lowest BCUT2D eigenvalue weighted by molar-refractivity contribution is -0.121. The van der Waals surface area contributed by atoms with Crippen molar-refractivity contribution in [1.82, 2.24) is 10.3 Å². The normalized spacial score (nSPS) is 11.9. The molecule has 1 atom stereocenters. The van der Waals surface area contributed by atoms with Gasteiger partial charge in [0.25, 0.3) is 0 Å². The fourth-order valence-corrected chi connectivity index (χ4v) is 2.27. The number of nitrogens with two attached hydrogens (primary N) is 1. The van der Waals surface area contributed by atoms with Gasteiger partial charge in [-0.15, -0.1) is 0 Å². The van der Waals surface area contributed by atoms with Crippen LogP contribution >= 0.6 is 15.9 Å². The van der Waals surface area contributed by atoms with E-state index in [0.29, 0.717) is 11.4 Å². The SMILES string of the molecule is C[C@H](NC(=O)Cc1ccc(N)cn1)c1cccc(Br)c1. The molecule has 0 bridgehead atoms.